The van der Waals surface area contributed by atoms with Crippen LogP contribution >= 0.6 is 0 Å². The number of rotatable bonds is 3. The van der Waals surface area contributed by atoms with Crippen molar-refractivity contribution in [3.05, 3.63) is 71.8 Å². The second-order valence-electron chi connectivity index (χ2n) is 8.88. The number of carbonyl (C=O) groups is 1. The largest absolute Gasteiger partial charge is 0.433 e. The molecule has 10 heteroatoms. The second-order valence-corrected chi connectivity index (χ2v) is 8.88. The zero-order chi connectivity index (χ0) is 25.4. The Morgan fingerprint density at radius 3 is 2.47 bits per heavy atom. The topological polar surface area (TPSA) is 67.2 Å². The van der Waals surface area contributed by atoms with Gasteiger partial charge in [-0.3, -0.25) is 9.48 Å². The summed E-state index contributed by atoms with van der Waals surface area (Å²) in [6.45, 7) is 4.00. The van der Waals surface area contributed by atoms with E-state index in [0.717, 1.165) is 17.3 Å². The van der Waals surface area contributed by atoms with E-state index in [9.17, 15) is 18.0 Å². The number of amides is 1. The number of carbonyl (C=O) groups excluding carboxylic acids is 1. The molecule has 186 valence electrons. The highest BCUT2D eigenvalue weighted by atomic mass is 19.4. The molecule has 4 heterocycles. The van der Waals surface area contributed by atoms with E-state index < -0.39 is 11.9 Å². The maximum Gasteiger partial charge on any atom is 0.433 e. The van der Waals surface area contributed by atoms with E-state index >= 15 is 0 Å². The molecule has 0 N–H and O–H groups in total. The smallest absolute Gasteiger partial charge is 0.354 e. The molecule has 0 spiro atoms. The molecule has 5 rings (SSSR count). The van der Waals surface area contributed by atoms with Crippen molar-refractivity contribution in [2.45, 2.75) is 19.5 Å². The molecule has 0 atom stereocenters. The Bertz CT molecular complexity index is 1400. The van der Waals surface area contributed by atoms with Gasteiger partial charge in [-0.2, -0.15) is 18.3 Å². The van der Waals surface area contributed by atoms with Gasteiger partial charge < -0.3 is 9.80 Å². The number of nitrogens with zero attached hydrogens (tertiary/aromatic N) is 6. The quantitative estimate of drug-likeness (QED) is 0.413. The van der Waals surface area contributed by atoms with Crippen molar-refractivity contribution in [1.29, 1.82) is 0 Å². The molecule has 0 unspecified atom stereocenters. The molecular weight excluding hydrogens is 469 g/mol. The van der Waals surface area contributed by atoms with Gasteiger partial charge in [0, 0.05) is 56.1 Å². The minimum atomic E-state index is -4.56. The molecule has 3 aromatic heterocycles. The normalized spacial score (nSPS) is 14.8. The number of benzene rings is 1. The average molecular weight is 495 g/mol. The van der Waals surface area contributed by atoms with E-state index in [-0.39, 0.29) is 11.4 Å². The van der Waals surface area contributed by atoms with Crippen LogP contribution in [0.3, 0.4) is 0 Å². The molecular formula is C26H25F3N6O. The van der Waals surface area contributed by atoms with Gasteiger partial charge in [0.25, 0.3) is 5.91 Å². The van der Waals surface area contributed by atoms with Crippen LogP contribution in [0, 0.1) is 6.92 Å². The third-order valence-corrected chi connectivity index (χ3v) is 6.50. The number of hydrogen-bond donors (Lipinski definition) is 0. The number of pyridine rings is 2. The van der Waals surface area contributed by atoms with Crippen molar-refractivity contribution in [3.63, 3.8) is 0 Å². The maximum atomic E-state index is 13.5. The van der Waals surface area contributed by atoms with Crippen LogP contribution in [-0.2, 0) is 13.2 Å². The van der Waals surface area contributed by atoms with Crippen LogP contribution in [-0.4, -0.2) is 56.7 Å². The lowest BCUT2D eigenvalue weighted by Crippen LogP contribution is -2.35. The van der Waals surface area contributed by atoms with Crippen molar-refractivity contribution in [3.8, 4) is 11.1 Å². The fraction of sp³-hybridized carbons (Fsp3) is 0.308. The maximum absolute atomic E-state index is 13.5. The van der Waals surface area contributed by atoms with Crippen LogP contribution in [0.4, 0.5) is 19.0 Å². The average Bonchev–Trinajstić information content (AvgIpc) is 3.05. The Kier molecular flexibility index (Phi) is 6.11. The van der Waals surface area contributed by atoms with Crippen LogP contribution in [0.5, 0.6) is 0 Å². The molecule has 1 fully saturated rings. The third-order valence-electron chi connectivity index (χ3n) is 6.50. The zero-order valence-corrected chi connectivity index (χ0v) is 20.0. The highest BCUT2D eigenvalue weighted by molar-refractivity contribution is 5.99. The number of hydrogen-bond acceptors (Lipinski definition) is 5. The standard InChI is InChI=1S/C26H25F3N6O/c1-17-15-21(32-33(17)2)25(36)35-12-6-11-34(13-14-35)24-19-9-10-22(26(27,28)29)31-23(19)20(16-30-24)18-7-4-3-5-8-18/h3-5,7-10,15-16H,6,11-14H2,1-2H3. The lowest BCUT2D eigenvalue weighted by molar-refractivity contribution is -0.140. The fourth-order valence-electron chi connectivity index (χ4n) is 4.50. The third kappa shape index (κ3) is 4.50. The van der Waals surface area contributed by atoms with E-state index in [2.05, 4.69) is 15.1 Å². The SMILES string of the molecule is Cc1cc(C(=O)N2CCCN(c3ncc(-c4ccccc4)c4nc(C(F)(F)F)ccc34)CC2)nn1C. The minimum Gasteiger partial charge on any atom is -0.354 e. The van der Waals surface area contributed by atoms with Gasteiger partial charge in [0.2, 0.25) is 0 Å². The van der Waals surface area contributed by atoms with Crippen molar-refractivity contribution in [1.82, 2.24) is 24.6 Å². The molecule has 1 saturated heterocycles. The second kappa shape index (κ2) is 9.25. The molecule has 7 nitrogen and oxygen atoms in total. The molecule has 36 heavy (non-hydrogen) atoms. The number of alkyl halides is 3. The van der Waals surface area contributed by atoms with Crippen LogP contribution in [0.2, 0.25) is 0 Å². The molecule has 0 bridgehead atoms. The van der Waals surface area contributed by atoms with Crippen molar-refractivity contribution in [2.75, 3.05) is 31.1 Å². The Hall–Kier alpha value is -3.95. The summed E-state index contributed by atoms with van der Waals surface area (Å²) >= 11 is 0. The van der Waals surface area contributed by atoms with Gasteiger partial charge in [-0.25, -0.2) is 9.97 Å². The summed E-state index contributed by atoms with van der Waals surface area (Å²) in [6, 6.07) is 13.4. The van der Waals surface area contributed by atoms with Gasteiger partial charge in [0.05, 0.1) is 5.52 Å². The summed E-state index contributed by atoms with van der Waals surface area (Å²) in [5.74, 6) is 0.433. The van der Waals surface area contributed by atoms with Crippen LogP contribution in [0.1, 0.15) is 28.3 Å². The first-order chi connectivity index (χ1) is 17.2. The molecule has 0 radical (unpaired) electrons. The van der Waals surface area contributed by atoms with Gasteiger partial charge in [0.1, 0.15) is 11.5 Å². The lowest BCUT2D eigenvalue weighted by Gasteiger charge is -2.24. The van der Waals surface area contributed by atoms with Crippen LogP contribution in [0.15, 0.2) is 54.7 Å². The van der Waals surface area contributed by atoms with E-state index in [1.54, 1.807) is 28.9 Å². The van der Waals surface area contributed by atoms with Crippen LogP contribution in [0.25, 0.3) is 22.0 Å². The van der Waals surface area contributed by atoms with E-state index in [4.69, 9.17) is 0 Å². The highest BCUT2D eigenvalue weighted by Gasteiger charge is 2.33. The fourth-order valence-corrected chi connectivity index (χ4v) is 4.50. The predicted molar refractivity (Wildman–Crippen MR) is 131 cm³/mol. The summed E-state index contributed by atoms with van der Waals surface area (Å²) in [6.07, 6.45) is -2.28. The van der Waals surface area contributed by atoms with Gasteiger partial charge in [-0.05, 0) is 37.1 Å². The molecule has 1 amide bonds. The molecule has 4 aromatic rings. The summed E-state index contributed by atoms with van der Waals surface area (Å²) in [4.78, 5) is 25.5. The lowest BCUT2D eigenvalue weighted by atomic mass is 10.0. The summed E-state index contributed by atoms with van der Waals surface area (Å²) in [7, 11) is 1.80. The first-order valence-electron chi connectivity index (χ1n) is 11.7. The van der Waals surface area contributed by atoms with Gasteiger partial charge in [-0.15, -0.1) is 0 Å². The Balaban J connectivity index is 1.49. The van der Waals surface area contributed by atoms with Crippen molar-refractivity contribution < 1.29 is 18.0 Å². The first-order valence-corrected chi connectivity index (χ1v) is 11.7. The summed E-state index contributed by atoms with van der Waals surface area (Å²) in [5, 5.41) is 4.85. The highest BCUT2D eigenvalue weighted by Crippen LogP contribution is 2.36. The molecule has 0 aliphatic carbocycles. The number of aromatic nitrogens is 4. The van der Waals surface area contributed by atoms with Gasteiger partial charge in [0.15, 0.2) is 5.69 Å². The van der Waals surface area contributed by atoms with Gasteiger partial charge >= 0.3 is 6.18 Å². The summed E-state index contributed by atoms with van der Waals surface area (Å²) in [5.41, 5.74) is 1.90. The Morgan fingerprint density at radius 1 is 1.00 bits per heavy atom. The van der Waals surface area contributed by atoms with Crippen molar-refractivity contribution >= 4 is 22.6 Å². The van der Waals surface area contributed by atoms with Gasteiger partial charge in [-0.1, -0.05) is 30.3 Å². The molecule has 1 aliphatic heterocycles. The number of halogens is 3. The number of aryl methyl sites for hydroxylation is 2. The molecule has 0 saturated carbocycles. The van der Waals surface area contributed by atoms with E-state index in [1.165, 1.54) is 6.07 Å². The van der Waals surface area contributed by atoms with Crippen LogP contribution < -0.4 is 4.90 Å². The van der Waals surface area contributed by atoms with E-state index in [1.807, 2.05) is 42.2 Å². The molecule has 1 aliphatic rings. The number of anilines is 1. The number of fused-ring (bicyclic) bond motifs is 1. The Morgan fingerprint density at radius 2 is 1.78 bits per heavy atom. The van der Waals surface area contributed by atoms with E-state index in [0.29, 0.717) is 55.1 Å². The monoisotopic (exact) mass is 494 g/mol. The zero-order valence-electron chi connectivity index (χ0n) is 20.0. The van der Waals surface area contributed by atoms with Crippen molar-refractivity contribution in [2.24, 2.45) is 7.05 Å². The first kappa shape index (κ1) is 23.8. The summed E-state index contributed by atoms with van der Waals surface area (Å²) < 4.78 is 42.2. The Labute approximate surface area is 206 Å². The minimum absolute atomic E-state index is 0.130. The predicted octanol–water partition coefficient (Wildman–Crippen LogP) is 4.71. The molecule has 1 aromatic carbocycles.